The second-order valence-corrected chi connectivity index (χ2v) is 4.16. The van der Waals surface area contributed by atoms with Gasteiger partial charge in [0, 0.05) is 6.42 Å². The van der Waals surface area contributed by atoms with Gasteiger partial charge in [0.15, 0.2) is 0 Å². The van der Waals surface area contributed by atoms with Crippen molar-refractivity contribution in [2.24, 2.45) is 5.92 Å². The van der Waals surface area contributed by atoms with Crippen LogP contribution in [-0.4, -0.2) is 12.1 Å². The summed E-state index contributed by atoms with van der Waals surface area (Å²) >= 11 is 0. The number of esters is 1. The van der Waals surface area contributed by atoms with Crippen LogP contribution in [0, 0.1) is 5.92 Å². The van der Waals surface area contributed by atoms with Gasteiger partial charge in [-0.05, 0) is 18.8 Å². The summed E-state index contributed by atoms with van der Waals surface area (Å²) in [4.78, 5) is 11.3. The molecule has 14 heavy (non-hydrogen) atoms. The van der Waals surface area contributed by atoms with Gasteiger partial charge in [-0.15, -0.1) is 0 Å². The largest absolute Gasteiger partial charge is 0.462 e. The van der Waals surface area contributed by atoms with Crippen LogP contribution in [0.4, 0.5) is 0 Å². The van der Waals surface area contributed by atoms with Crippen LogP contribution in [0.3, 0.4) is 0 Å². The highest BCUT2D eigenvalue weighted by molar-refractivity contribution is 5.69. The Bertz CT molecular complexity index is 152. The summed E-state index contributed by atoms with van der Waals surface area (Å²) in [6.45, 7) is 8.38. The minimum atomic E-state index is -0.0395. The van der Waals surface area contributed by atoms with Crippen molar-refractivity contribution in [1.29, 1.82) is 0 Å². The van der Waals surface area contributed by atoms with Gasteiger partial charge in [0.25, 0.3) is 0 Å². The zero-order chi connectivity index (χ0) is 11.0. The van der Waals surface area contributed by atoms with Crippen molar-refractivity contribution in [3.63, 3.8) is 0 Å². The van der Waals surface area contributed by atoms with Crippen LogP contribution >= 0.6 is 0 Å². The molecule has 84 valence electrons. The summed E-state index contributed by atoms with van der Waals surface area (Å²) in [5.74, 6) is 0.393. The van der Waals surface area contributed by atoms with E-state index >= 15 is 0 Å². The van der Waals surface area contributed by atoms with E-state index in [0.29, 0.717) is 12.3 Å². The van der Waals surface area contributed by atoms with Crippen molar-refractivity contribution in [3.05, 3.63) is 0 Å². The normalized spacial score (nSPS) is 12.9. The summed E-state index contributed by atoms with van der Waals surface area (Å²) in [6.07, 6.45) is 4.85. The second-order valence-electron chi connectivity index (χ2n) is 4.16. The zero-order valence-corrected chi connectivity index (χ0v) is 10.0. The summed E-state index contributed by atoms with van der Waals surface area (Å²) in [5, 5.41) is 0. The molecule has 0 aromatic heterocycles. The number of rotatable bonds is 7. The highest BCUT2D eigenvalue weighted by atomic mass is 16.5. The summed E-state index contributed by atoms with van der Waals surface area (Å²) in [5.41, 5.74) is 0. The number of hydrogen-bond donors (Lipinski definition) is 0. The van der Waals surface area contributed by atoms with Crippen LogP contribution in [0.25, 0.3) is 0 Å². The summed E-state index contributed by atoms with van der Waals surface area (Å²) in [7, 11) is 0. The molecule has 1 atom stereocenters. The van der Waals surface area contributed by atoms with E-state index in [2.05, 4.69) is 20.8 Å². The van der Waals surface area contributed by atoms with Gasteiger partial charge in [0.1, 0.15) is 6.10 Å². The topological polar surface area (TPSA) is 26.3 Å². The molecule has 0 saturated heterocycles. The Balaban J connectivity index is 3.89. The van der Waals surface area contributed by atoms with Crippen LogP contribution in [0.1, 0.15) is 59.8 Å². The standard InChI is InChI=1S/C12H24O2/c1-5-7-9-11(10(3)4)14-12(13)8-6-2/h10-11H,5-9H2,1-4H3. The van der Waals surface area contributed by atoms with E-state index in [9.17, 15) is 4.79 Å². The third kappa shape index (κ3) is 6.01. The van der Waals surface area contributed by atoms with Crippen molar-refractivity contribution in [1.82, 2.24) is 0 Å². The third-order valence-corrected chi connectivity index (χ3v) is 2.32. The van der Waals surface area contributed by atoms with E-state index in [0.717, 1.165) is 25.7 Å². The van der Waals surface area contributed by atoms with Crippen molar-refractivity contribution >= 4 is 5.97 Å². The third-order valence-electron chi connectivity index (χ3n) is 2.32. The highest BCUT2D eigenvalue weighted by Crippen LogP contribution is 2.15. The first-order valence-corrected chi connectivity index (χ1v) is 5.81. The minimum Gasteiger partial charge on any atom is -0.462 e. The molecule has 0 aliphatic rings. The summed E-state index contributed by atoms with van der Waals surface area (Å²) < 4.78 is 5.42. The Morgan fingerprint density at radius 3 is 2.29 bits per heavy atom. The van der Waals surface area contributed by atoms with E-state index in [-0.39, 0.29) is 12.1 Å². The number of ether oxygens (including phenoxy) is 1. The van der Waals surface area contributed by atoms with Crippen LogP contribution in [0.5, 0.6) is 0 Å². The lowest BCUT2D eigenvalue weighted by Gasteiger charge is -2.21. The van der Waals surface area contributed by atoms with Gasteiger partial charge in [0.05, 0.1) is 0 Å². The van der Waals surface area contributed by atoms with Crippen LogP contribution in [0.15, 0.2) is 0 Å². The maximum atomic E-state index is 11.3. The Kier molecular flexibility index (Phi) is 7.54. The second kappa shape index (κ2) is 7.84. The molecule has 0 aromatic rings. The maximum Gasteiger partial charge on any atom is 0.306 e. The quantitative estimate of drug-likeness (QED) is 0.587. The molecular weight excluding hydrogens is 176 g/mol. The van der Waals surface area contributed by atoms with Gasteiger partial charge in [0.2, 0.25) is 0 Å². The van der Waals surface area contributed by atoms with Gasteiger partial charge in [-0.25, -0.2) is 0 Å². The molecule has 2 heteroatoms. The van der Waals surface area contributed by atoms with E-state index in [1.54, 1.807) is 0 Å². The molecule has 0 bridgehead atoms. The van der Waals surface area contributed by atoms with Crippen LogP contribution in [-0.2, 0) is 9.53 Å². The molecule has 1 unspecified atom stereocenters. The van der Waals surface area contributed by atoms with Gasteiger partial charge < -0.3 is 4.74 Å². The van der Waals surface area contributed by atoms with Gasteiger partial charge >= 0.3 is 5.97 Å². The molecule has 0 heterocycles. The smallest absolute Gasteiger partial charge is 0.306 e. The zero-order valence-electron chi connectivity index (χ0n) is 10.0. The van der Waals surface area contributed by atoms with Crippen molar-refractivity contribution in [3.8, 4) is 0 Å². The Hall–Kier alpha value is -0.530. The van der Waals surface area contributed by atoms with Crippen LogP contribution in [0.2, 0.25) is 0 Å². The molecule has 0 N–H and O–H groups in total. The molecule has 0 fully saturated rings. The Labute approximate surface area is 88.0 Å². The van der Waals surface area contributed by atoms with Crippen molar-refractivity contribution < 1.29 is 9.53 Å². The highest BCUT2D eigenvalue weighted by Gasteiger charge is 2.16. The van der Waals surface area contributed by atoms with Gasteiger partial charge in [-0.1, -0.05) is 40.5 Å². The van der Waals surface area contributed by atoms with E-state index in [4.69, 9.17) is 4.74 Å². The van der Waals surface area contributed by atoms with E-state index in [1.165, 1.54) is 0 Å². The lowest BCUT2D eigenvalue weighted by molar-refractivity contribution is -0.151. The first kappa shape index (κ1) is 13.5. The number of hydrogen-bond acceptors (Lipinski definition) is 2. The molecule has 0 aliphatic carbocycles. The molecule has 0 radical (unpaired) electrons. The fourth-order valence-electron chi connectivity index (χ4n) is 1.37. The molecule has 0 amide bonds. The predicted molar refractivity (Wildman–Crippen MR) is 59.2 cm³/mol. The number of unbranched alkanes of at least 4 members (excludes halogenated alkanes) is 1. The molecule has 0 aliphatic heterocycles. The Morgan fingerprint density at radius 1 is 1.21 bits per heavy atom. The molecule has 0 spiro atoms. The fourth-order valence-corrected chi connectivity index (χ4v) is 1.37. The first-order valence-electron chi connectivity index (χ1n) is 5.81. The average molecular weight is 200 g/mol. The lowest BCUT2D eigenvalue weighted by Crippen LogP contribution is -2.23. The lowest BCUT2D eigenvalue weighted by atomic mass is 10.0. The van der Waals surface area contributed by atoms with Crippen molar-refractivity contribution in [2.45, 2.75) is 65.9 Å². The minimum absolute atomic E-state index is 0.0395. The number of carbonyl (C=O) groups is 1. The average Bonchev–Trinajstić information content (AvgIpc) is 2.12. The molecule has 0 saturated carbocycles. The Morgan fingerprint density at radius 2 is 1.86 bits per heavy atom. The molecule has 0 aromatic carbocycles. The van der Waals surface area contributed by atoms with Crippen LogP contribution < -0.4 is 0 Å². The fraction of sp³-hybridized carbons (Fsp3) is 0.917. The number of carbonyl (C=O) groups excluding carboxylic acids is 1. The van der Waals surface area contributed by atoms with E-state index < -0.39 is 0 Å². The van der Waals surface area contributed by atoms with Gasteiger partial charge in [-0.3, -0.25) is 4.79 Å². The molecular formula is C12H24O2. The van der Waals surface area contributed by atoms with E-state index in [1.807, 2.05) is 6.92 Å². The monoisotopic (exact) mass is 200 g/mol. The molecule has 2 nitrogen and oxygen atoms in total. The molecule has 0 rings (SSSR count). The SMILES string of the molecule is CCCCC(OC(=O)CCC)C(C)C. The van der Waals surface area contributed by atoms with Crippen molar-refractivity contribution in [2.75, 3.05) is 0 Å². The summed E-state index contributed by atoms with van der Waals surface area (Å²) in [6, 6.07) is 0. The predicted octanol–water partition coefficient (Wildman–Crippen LogP) is 3.54. The maximum absolute atomic E-state index is 11.3. The first-order chi connectivity index (χ1) is 6.61. The van der Waals surface area contributed by atoms with Gasteiger partial charge in [-0.2, -0.15) is 0 Å².